The third-order valence-corrected chi connectivity index (χ3v) is 3.84. The van der Waals surface area contributed by atoms with Crippen molar-refractivity contribution in [3.8, 4) is 0 Å². The van der Waals surface area contributed by atoms with Gasteiger partial charge in [0, 0.05) is 26.8 Å². The van der Waals surface area contributed by atoms with Crippen molar-refractivity contribution in [2.24, 2.45) is 11.7 Å². The molecule has 1 rings (SSSR count). The summed E-state index contributed by atoms with van der Waals surface area (Å²) in [6.07, 6.45) is 5.49. The van der Waals surface area contributed by atoms with Crippen molar-refractivity contribution in [1.29, 1.82) is 0 Å². The number of nitrogens with two attached hydrogens (primary N) is 1. The highest BCUT2D eigenvalue weighted by molar-refractivity contribution is 5.81. The molecule has 1 fully saturated rings. The molecule has 5 nitrogen and oxygen atoms in total. The number of hydrogen-bond donors (Lipinski definition) is 2. The SMILES string of the molecule is COCCCC(N)C(=O)NCC(C)CN1CCCCC1. The van der Waals surface area contributed by atoms with Crippen LogP contribution in [0, 0.1) is 5.92 Å². The highest BCUT2D eigenvalue weighted by atomic mass is 16.5. The molecule has 1 heterocycles. The quantitative estimate of drug-likeness (QED) is 0.620. The Hall–Kier alpha value is -0.650. The van der Waals surface area contributed by atoms with Crippen LogP contribution in [-0.2, 0) is 9.53 Å². The summed E-state index contributed by atoms with van der Waals surface area (Å²) in [6, 6.07) is -0.410. The van der Waals surface area contributed by atoms with Crippen LogP contribution in [0.4, 0.5) is 0 Å². The minimum absolute atomic E-state index is 0.0356. The molecule has 0 aliphatic carbocycles. The Morgan fingerprint density at radius 2 is 2.05 bits per heavy atom. The first-order valence-electron chi connectivity index (χ1n) is 7.88. The first-order chi connectivity index (χ1) is 9.63. The molecule has 0 radical (unpaired) electrons. The maximum Gasteiger partial charge on any atom is 0.236 e. The molecule has 118 valence electrons. The van der Waals surface area contributed by atoms with Crippen LogP contribution in [0.25, 0.3) is 0 Å². The topological polar surface area (TPSA) is 67.6 Å². The molecule has 1 saturated heterocycles. The van der Waals surface area contributed by atoms with Crippen molar-refractivity contribution in [3.63, 3.8) is 0 Å². The van der Waals surface area contributed by atoms with Crippen molar-refractivity contribution in [2.45, 2.75) is 45.1 Å². The summed E-state index contributed by atoms with van der Waals surface area (Å²) in [4.78, 5) is 14.3. The lowest BCUT2D eigenvalue weighted by Gasteiger charge is -2.29. The van der Waals surface area contributed by atoms with Gasteiger partial charge in [-0.2, -0.15) is 0 Å². The largest absolute Gasteiger partial charge is 0.385 e. The summed E-state index contributed by atoms with van der Waals surface area (Å²) in [7, 11) is 1.66. The number of methoxy groups -OCH3 is 1. The van der Waals surface area contributed by atoms with E-state index in [2.05, 4.69) is 17.1 Å². The van der Waals surface area contributed by atoms with Crippen molar-refractivity contribution in [1.82, 2.24) is 10.2 Å². The number of carbonyl (C=O) groups is 1. The van der Waals surface area contributed by atoms with E-state index in [0.29, 0.717) is 25.5 Å². The molecule has 0 bridgehead atoms. The van der Waals surface area contributed by atoms with E-state index in [1.807, 2.05) is 0 Å². The van der Waals surface area contributed by atoms with Crippen LogP contribution in [0.15, 0.2) is 0 Å². The Bertz CT molecular complexity index is 268. The van der Waals surface area contributed by atoms with Gasteiger partial charge in [-0.15, -0.1) is 0 Å². The van der Waals surface area contributed by atoms with Crippen LogP contribution < -0.4 is 11.1 Å². The number of nitrogens with zero attached hydrogens (tertiary/aromatic N) is 1. The highest BCUT2D eigenvalue weighted by Gasteiger charge is 2.16. The third kappa shape index (κ3) is 7.22. The summed E-state index contributed by atoms with van der Waals surface area (Å²) < 4.78 is 4.96. The van der Waals surface area contributed by atoms with E-state index in [0.717, 1.165) is 13.0 Å². The van der Waals surface area contributed by atoms with Gasteiger partial charge in [0.1, 0.15) is 0 Å². The molecule has 0 spiro atoms. The van der Waals surface area contributed by atoms with Crippen LogP contribution in [0.2, 0.25) is 0 Å². The van der Waals surface area contributed by atoms with Gasteiger partial charge in [0.15, 0.2) is 0 Å². The zero-order valence-electron chi connectivity index (χ0n) is 13.1. The number of amides is 1. The fourth-order valence-electron chi connectivity index (χ4n) is 2.63. The van der Waals surface area contributed by atoms with Crippen molar-refractivity contribution < 1.29 is 9.53 Å². The van der Waals surface area contributed by atoms with E-state index in [1.54, 1.807) is 7.11 Å². The Kier molecular flexibility index (Phi) is 8.82. The van der Waals surface area contributed by atoms with E-state index >= 15 is 0 Å². The maximum absolute atomic E-state index is 11.8. The second kappa shape index (κ2) is 10.1. The second-order valence-electron chi connectivity index (χ2n) is 5.95. The summed E-state index contributed by atoms with van der Waals surface area (Å²) in [6.45, 7) is 7.04. The van der Waals surface area contributed by atoms with E-state index in [1.165, 1.54) is 32.4 Å². The van der Waals surface area contributed by atoms with Gasteiger partial charge in [0.25, 0.3) is 0 Å². The number of likely N-dealkylation sites (tertiary alicyclic amines) is 1. The monoisotopic (exact) mass is 285 g/mol. The predicted octanol–water partition coefficient (Wildman–Crippen LogP) is 0.979. The lowest BCUT2D eigenvalue weighted by Crippen LogP contribution is -2.44. The summed E-state index contributed by atoms with van der Waals surface area (Å²) in [5.41, 5.74) is 5.85. The number of ether oxygens (including phenoxy) is 1. The number of hydrogen-bond acceptors (Lipinski definition) is 4. The van der Waals surface area contributed by atoms with Gasteiger partial charge in [-0.1, -0.05) is 13.3 Å². The number of nitrogens with one attached hydrogen (secondary N) is 1. The van der Waals surface area contributed by atoms with Crippen LogP contribution in [0.3, 0.4) is 0 Å². The zero-order valence-corrected chi connectivity index (χ0v) is 13.1. The Labute approximate surface area is 123 Å². The molecule has 5 heteroatoms. The third-order valence-electron chi connectivity index (χ3n) is 3.84. The lowest BCUT2D eigenvalue weighted by molar-refractivity contribution is -0.122. The molecule has 0 saturated carbocycles. The maximum atomic E-state index is 11.8. The summed E-state index contributed by atoms with van der Waals surface area (Å²) >= 11 is 0. The minimum atomic E-state index is -0.410. The van der Waals surface area contributed by atoms with Crippen LogP contribution >= 0.6 is 0 Å². The van der Waals surface area contributed by atoms with Gasteiger partial charge >= 0.3 is 0 Å². The molecule has 3 N–H and O–H groups in total. The average Bonchev–Trinajstić information content (AvgIpc) is 2.46. The molecule has 1 aliphatic rings. The van der Waals surface area contributed by atoms with Gasteiger partial charge in [-0.05, 0) is 44.7 Å². The molecular weight excluding hydrogens is 254 g/mol. The number of carbonyl (C=O) groups excluding carboxylic acids is 1. The average molecular weight is 285 g/mol. The first kappa shape index (κ1) is 17.4. The van der Waals surface area contributed by atoms with E-state index < -0.39 is 6.04 Å². The van der Waals surface area contributed by atoms with Gasteiger partial charge in [0.2, 0.25) is 5.91 Å². The molecule has 1 amide bonds. The predicted molar refractivity (Wildman–Crippen MR) is 81.6 cm³/mol. The van der Waals surface area contributed by atoms with E-state index in [4.69, 9.17) is 10.5 Å². The van der Waals surface area contributed by atoms with Gasteiger partial charge in [-0.25, -0.2) is 0 Å². The first-order valence-corrected chi connectivity index (χ1v) is 7.88. The van der Waals surface area contributed by atoms with Gasteiger partial charge in [0.05, 0.1) is 6.04 Å². The molecule has 2 unspecified atom stereocenters. The Morgan fingerprint density at radius 3 is 2.70 bits per heavy atom. The normalized spacial score (nSPS) is 19.6. The van der Waals surface area contributed by atoms with Crippen molar-refractivity contribution >= 4 is 5.91 Å². The van der Waals surface area contributed by atoms with Gasteiger partial charge in [-0.3, -0.25) is 4.79 Å². The van der Waals surface area contributed by atoms with Crippen LogP contribution in [0.5, 0.6) is 0 Å². The second-order valence-corrected chi connectivity index (χ2v) is 5.95. The van der Waals surface area contributed by atoms with Crippen LogP contribution in [0.1, 0.15) is 39.0 Å². The molecule has 1 aliphatic heterocycles. The van der Waals surface area contributed by atoms with E-state index in [9.17, 15) is 4.79 Å². The summed E-state index contributed by atoms with van der Waals surface area (Å²) in [5, 5.41) is 2.97. The minimum Gasteiger partial charge on any atom is -0.385 e. The molecule has 2 atom stereocenters. The van der Waals surface area contributed by atoms with Gasteiger partial charge < -0.3 is 20.7 Å². The standard InChI is InChI=1S/C15H31N3O2/c1-13(12-18-8-4-3-5-9-18)11-17-15(19)14(16)7-6-10-20-2/h13-14H,3-12,16H2,1-2H3,(H,17,19). The smallest absolute Gasteiger partial charge is 0.236 e. The fraction of sp³-hybridized carbons (Fsp3) is 0.933. The van der Waals surface area contributed by atoms with Crippen LogP contribution in [-0.4, -0.2) is 56.7 Å². The molecule has 0 aromatic heterocycles. The zero-order chi connectivity index (χ0) is 14.8. The summed E-state index contributed by atoms with van der Waals surface area (Å²) in [5.74, 6) is 0.440. The fourth-order valence-corrected chi connectivity index (χ4v) is 2.63. The molecule has 0 aromatic rings. The Balaban J connectivity index is 2.12. The Morgan fingerprint density at radius 1 is 1.35 bits per heavy atom. The highest BCUT2D eigenvalue weighted by Crippen LogP contribution is 2.10. The number of rotatable bonds is 9. The van der Waals surface area contributed by atoms with Crippen molar-refractivity contribution in [2.75, 3.05) is 39.9 Å². The molecule has 0 aromatic carbocycles. The van der Waals surface area contributed by atoms with Crippen molar-refractivity contribution in [3.05, 3.63) is 0 Å². The molecule has 20 heavy (non-hydrogen) atoms. The molecular formula is C15H31N3O2. The van der Waals surface area contributed by atoms with E-state index in [-0.39, 0.29) is 5.91 Å². The lowest BCUT2D eigenvalue weighted by atomic mass is 10.1. The number of piperidine rings is 1.